The maximum absolute atomic E-state index is 12.1. The van der Waals surface area contributed by atoms with Crippen molar-refractivity contribution < 1.29 is 19.4 Å². The maximum Gasteiger partial charge on any atom is 0.338 e. The van der Waals surface area contributed by atoms with Crippen LogP contribution in [0.5, 0.6) is 0 Å². The predicted molar refractivity (Wildman–Crippen MR) is 28.8 cm³/mol. The van der Waals surface area contributed by atoms with Gasteiger partial charge in [-0.25, -0.2) is 9.18 Å². The molecule has 4 heteroatoms. The number of halogens is 1. The third-order valence-electron chi connectivity index (χ3n) is 1.21. The van der Waals surface area contributed by atoms with E-state index in [1.54, 1.807) is 0 Å². The van der Waals surface area contributed by atoms with Gasteiger partial charge in [0.15, 0.2) is 5.60 Å². The molecular weight excluding hydrogens is 127 g/mol. The zero-order valence-electron chi connectivity index (χ0n) is 5.26. The molecule has 0 amide bonds. The second-order valence-electron chi connectivity index (χ2n) is 2.07. The second-order valence-corrected chi connectivity index (χ2v) is 2.07. The number of carbonyl (C=O) groups is 1. The minimum atomic E-state index is -2.25. The van der Waals surface area contributed by atoms with Crippen molar-refractivity contribution in [2.75, 3.05) is 0 Å². The summed E-state index contributed by atoms with van der Waals surface area (Å²) < 4.78 is 12.1. The molecule has 0 unspecified atom stereocenters. The molecule has 0 aliphatic carbocycles. The molecule has 3 nitrogen and oxygen atoms in total. The van der Waals surface area contributed by atoms with Crippen molar-refractivity contribution in [1.29, 1.82) is 0 Å². The summed E-state index contributed by atoms with van der Waals surface area (Å²) in [6.07, 6.45) is -1.75. The molecule has 0 spiro atoms. The topological polar surface area (TPSA) is 57.5 Å². The summed E-state index contributed by atoms with van der Waals surface area (Å²) in [5.41, 5.74) is -2.25. The van der Waals surface area contributed by atoms with Crippen LogP contribution in [0.3, 0.4) is 0 Å². The molecule has 0 saturated carbocycles. The lowest BCUT2D eigenvalue weighted by atomic mass is 10.0. The van der Waals surface area contributed by atoms with Crippen LogP contribution in [0.25, 0.3) is 0 Å². The number of rotatable bonds is 2. The third-order valence-corrected chi connectivity index (χ3v) is 1.21. The van der Waals surface area contributed by atoms with Gasteiger partial charge in [0.25, 0.3) is 0 Å². The van der Waals surface area contributed by atoms with Crippen LogP contribution in [0.15, 0.2) is 0 Å². The Bertz CT molecular complexity index is 119. The van der Waals surface area contributed by atoms with E-state index in [0.717, 1.165) is 13.8 Å². The Labute approximate surface area is 52.1 Å². The van der Waals surface area contributed by atoms with Crippen molar-refractivity contribution in [3.63, 3.8) is 0 Å². The summed E-state index contributed by atoms with van der Waals surface area (Å²) in [6, 6.07) is 0. The molecule has 0 aromatic rings. The summed E-state index contributed by atoms with van der Waals surface area (Å²) >= 11 is 0. The van der Waals surface area contributed by atoms with Gasteiger partial charge in [-0.15, -0.1) is 0 Å². The van der Waals surface area contributed by atoms with Crippen molar-refractivity contribution in [2.45, 2.75) is 25.6 Å². The second kappa shape index (κ2) is 2.31. The first-order chi connectivity index (χ1) is 3.89. The number of aliphatic hydroxyl groups is 1. The summed E-state index contributed by atoms with van der Waals surface area (Å²) in [5.74, 6) is -1.54. The van der Waals surface area contributed by atoms with Crippen LogP contribution in [0.4, 0.5) is 4.39 Å². The Morgan fingerprint density at radius 2 is 2.11 bits per heavy atom. The molecule has 2 atom stereocenters. The van der Waals surface area contributed by atoms with Crippen LogP contribution in [-0.2, 0) is 4.79 Å². The Morgan fingerprint density at radius 1 is 1.78 bits per heavy atom. The molecule has 0 aliphatic rings. The highest BCUT2D eigenvalue weighted by Crippen LogP contribution is 2.12. The van der Waals surface area contributed by atoms with Crippen molar-refractivity contribution in [3.05, 3.63) is 0 Å². The fourth-order valence-corrected chi connectivity index (χ4v) is 0.170. The van der Waals surface area contributed by atoms with Crippen LogP contribution in [0, 0.1) is 0 Å². The molecule has 54 valence electrons. The number of hydrogen-bond donors (Lipinski definition) is 2. The summed E-state index contributed by atoms with van der Waals surface area (Å²) in [6.45, 7) is 1.91. The van der Waals surface area contributed by atoms with Gasteiger partial charge in [0, 0.05) is 0 Å². The highest BCUT2D eigenvalue weighted by molar-refractivity contribution is 5.77. The van der Waals surface area contributed by atoms with Gasteiger partial charge in [-0.3, -0.25) is 0 Å². The van der Waals surface area contributed by atoms with Gasteiger partial charge in [-0.05, 0) is 13.8 Å². The largest absolute Gasteiger partial charge is 0.479 e. The zero-order valence-corrected chi connectivity index (χ0v) is 5.26. The van der Waals surface area contributed by atoms with Gasteiger partial charge in [-0.1, -0.05) is 0 Å². The molecule has 0 rings (SSSR count). The molecule has 0 heterocycles. The van der Waals surface area contributed by atoms with Crippen molar-refractivity contribution in [1.82, 2.24) is 0 Å². The first-order valence-corrected chi connectivity index (χ1v) is 2.49. The van der Waals surface area contributed by atoms with Gasteiger partial charge >= 0.3 is 5.97 Å². The molecule has 0 aromatic carbocycles. The predicted octanol–water partition coefficient (Wildman–Crippen LogP) is 0.180. The van der Waals surface area contributed by atoms with E-state index in [9.17, 15) is 9.18 Å². The lowest BCUT2D eigenvalue weighted by Gasteiger charge is -2.18. The van der Waals surface area contributed by atoms with E-state index in [-0.39, 0.29) is 0 Å². The lowest BCUT2D eigenvalue weighted by Crippen LogP contribution is -2.42. The SMILES string of the molecule is C[C@H](F)[C@](C)(O)C(=O)O. The normalized spacial score (nSPS) is 20.4. The van der Waals surface area contributed by atoms with Gasteiger partial charge in [0.1, 0.15) is 6.17 Å². The molecule has 9 heavy (non-hydrogen) atoms. The third kappa shape index (κ3) is 1.64. The lowest BCUT2D eigenvalue weighted by molar-refractivity contribution is -0.162. The van der Waals surface area contributed by atoms with Crippen LogP contribution < -0.4 is 0 Å². The maximum atomic E-state index is 12.1. The van der Waals surface area contributed by atoms with Crippen molar-refractivity contribution in [3.8, 4) is 0 Å². The van der Waals surface area contributed by atoms with Gasteiger partial charge < -0.3 is 10.2 Å². The molecule has 0 aromatic heterocycles. The summed E-state index contributed by atoms with van der Waals surface area (Å²) in [5, 5.41) is 16.8. The molecule has 0 aliphatic heterocycles. The monoisotopic (exact) mass is 136 g/mol. The Hall–Kier alpha value is -0.640. The minimum Gasteiger partial charge on any atom is -0.479 e. The van der Waals surface area contributed by atoms with E-state index < -0.39 is 17.7 Å². The standard InChI is InChI=1S/C5H9FO3/c1-3(6)5(2,9)4(7)8/h3,9H,1-2H3,(H,7,8)/t3-,5-/m0/s1. The molecule has 0 radical (unpaired) electrons. The van der Waals surface area contributed by atoms with E-state index in [4.69, 9.17) is 10.2 Å². The van der Waals surface area contributed by atoms with Gasteiger partial charge in [0.2, 0.25) is 0 Å². The summed E-state index contributed by atoms with van der Waals surface area (Å²) in [7, 11) is 0. The number of alkyl halides is 1. The minimum absolute atomic E-state index is 0.917. The van der Waals surface area contributed by atoms with Crippen molar-refractivity contribution >= 4 is 5.97 Å². The number of hydrogen-bond acceptors (Lipinski definition) is 2. The van der Waals surface area contributed by atoms with Gasteiger partial charge in [0.05, 0.1) is 0 Å². The Balaban J connectivity index is 4.19. The summed E-state index contributed by atoms with van der Waals surface area (Å²) in [4.78, 5) is 9.97. The highest BCUT2D eigenvalue weighted by atomic mass is 19.1. The van der Waals surface area contributed by atoms with Crippen LogP contribution >= 0.6 is 0 Å². The first-order valence-electron chi connectivity index (χ1n) is 2.49. The van der Waals surface area contributed by atoms with Crippen LogP contribution in [0.1, 0.15) is 13.8 Å². The smallest absolute Gasteiger partial charge is 0.338 e. The number of carboxylic acids is 1. The average Bonchev–Trinajstić information content (AvgIpc) is 1.65. The molecule has 0 bridgehead atoms. The quantitative estimate of drug-likeness (QED) is 0.569. The molecule has 2 N–H and O–H groups in total. The zero-order chi connectivity index (χ0) is 7.65. The first kappa shape index (κ1) is 8.36. The van der Waals surface area contributed by atoms with Crippen molar-refractivity contribution in [2.24, 2.45) is 0 Å². The van der Waals surface area contributed by atoms with E-state index in [1.165, 1.54) is 0 Å². The van der Waals surface area contributed by atoms with Gasteiger partial charge in [-0.2, -0.15) is 0 Å². The number of carboxylic acid groups (broad SMARTS) is 1. The number of aliphatic carboxylic acids is 1. The Morgan fingerprint density at radius 3 is 2.11 bits per heavy atom. The fraction of sp³-hybridized carbons (Fsp3) is 0.800. The molecular formula is C5H9FO3. The van der Waals surface area contributed by atoms with Crippen LogP contribution in [0.2, 0.25) is 0 Å². The van der Waals surface area contributed by atoms with E-state index >= 15 is 0 Å². The molecule has 0 fully saturated rings. The average molecular weight is 136 g/mol. The fourth-order valence-electron chi connectivity index (χ4n) is 0.170. The highest BCUT2D eigenvalue weighted by Gasteiger charge is 2.36. The van der Waals surface area contributed by atoms with E-state index in [1.807, 2.05) is 0 Å². The molecule has 0 saturated heterocycles. The van der Waals surface area contributed by atoms with E-state index in [0.29, 0.717) is 0 Å². The Kier molecular flexibility index (Phi) is 2.14. The van der Waals surface area contributed by atoms with E-state index in [2.05, 4.69) is 0 Å². The van der Waals surface area contributed by atoms with Crippen LogP contribution in [-0.4, -0.2) is 28.0 Å².